The summed E-state index contributed by atoms with van der Waals surface area (Å²) in [4.78, 5) is 0. The summed E-state index contributed by atoms with van der Waals surface area (Å²) in [5, 5.41) is 0. The van der Waals surface area contributed by atoms with Gasteiger partial charge >= 0.3 is 0 Å². The van der Waals surface area contributed by atoms with Crippen LogP contribution in [0.25, 0.3) is 0 Å². The highest BCUT2D eigenvalue weighted by molar-refractivity contribution is 8.00. The van der Waals surface area contributed by atoms with E-state index >= 15 is 0 Å². The smallest absolute Gasteiger partial charge is 0.0691 e. The van der Waals surface area contributed by atoms with E-state index < -0.39 is 0 Å². The summed E-state index contributed by atoms with van der Waals surface area (Å²) in [6.45, 7) is 5.00. The zero-order valence-corrected chi connectivity index (χ0v) is 9.99. The molecule has 0 fully saturated rings. The van der Waals surface area contributed by atoms with Gasteiger partial charge in [0, 0.05) is 8.50 Å². The van der Waals surface area contributed by atoms with Crippen LogP contribution in [0.5, 0.6) is 0 Å². The Morgan fingerprint density at radius 2 is 2.08 bits per heavy atom. The maximum absolute atomic E-state index is 5.15. The van der Waals surface area contributed by atoms with Gasteiger partial charge in [-0.15, -0.1) is 0 Å². The fourth-order valence-electron chi connectivity index (χ4n) is 0.750. The Hall–Kier alpha value is 0.300. The van der Waals surface area contributed by atoms with Crippen molar-refractivity contribution in [1.29, 1.82) is 0 Å². The van der Waals surface area contributed by atoms with Gasteiger partial charge in [-0.3, -0.25) is 0 Å². The number of hydrogen-bond acceptors (Lipinski definition) is 1. The third kappa shape index (κ3) is 10.3. The van der Waals surface area contributed by atoms with Crippen LogP contribution in [0.4, 0.5) is 0 Å². The van der Waals surface area contributed by atoms with Crippen LogP contribution >= 0.6 is 17.4 Å². The summed E-state index contributed by atoms with van der Waals surface area (Å²) >= 11 is 0. The number of allylic oxidation sites excluding steroid dienone is 3. The second kappa shape index (κ2) is 9.39. The highest BCUT2D eigenvalue weighted by Gasteiger charge is 1.79. The van der Waals surface area contributed by atoms with Gasteiger partial charge in [-0.1, -0.05) is 32.7 Å². The Bertz CT molecular complexity index is 149. The molecule has 0 heterocycles. The molecule has 0 radical (unpaired) electrons. The molecule has 0 amide bonds. The molecule has 12 heavy (non-hydrogen) atoms. The molecule has 0 aliphatic carbocycles. The van der Waals surface area contributed by atoms with Gasteiger partial charge in [0.05, 0.1) is 6.61 Å². The maximum Gasteiger partial charge on any atom is 0.0691 e. The van der Waals surface area contributed by atoms with Crippen LogP contribution in [-0.2, 0) is 4.52 Å². The van der Waals surface area contributed by atoms with Gasteiger partial charge in [-0.2, -0.15) is 0 Å². The van der Waals surface area contributed by atoms with Gasteiger partial charge in [-0.05, 0) is 26.7 Å². The van der Waals surface area contributed by atoms with Crippen molar-refractivity contribution in [3.05, 3.63) is 23.8 Å². The number of unbranched alkanes of at least 4 members (excludes halogenated alkanes) is 1. The van der Waals surface area contributed by atoms with Gasteiger partial charge in [0.25, 0.3) is 0 Å². The summed E-state index contributed by atoms with van der Waals surface area (Å²) in [7, 11) is 3.08. The van der Waals surface area contributed by atoms with E-state index in [1.807, 2.05) is 0 Å². The molecule has 0 aliphatic rings. The molecule has 0 aromatic heterocycles. The van der Waals surface area contributed by atoms with Crippen molar-refractivity contribution in [1.82, 2.24) is 0 Å². The van der Waals surface area contributed by atoms with Crippen molar-refractivity contribution < 1.29 is 4.52 Å². The first-order chi connectivity index (χ1) is 5.77. The summed E-state index contributed by atoms with van der Waals surface area (Å²) in [5.41, 5.74) is 1.39. The van der Waals surface area contributed by atoms with E-state index in [1.165, 1.54) is 5.57 Å². The first-order valence-corrected chi connectivity index (χ1v) is 6.85. The third-order valence-electron chi connectivity index (χ3n) is 1.32. The van der Waals surface area contributed by atoms with Crippen LogP contribution in [0.1, 0.15) is 26.7 Å². The van der Waals surface area contributed by atoms with E-state index in [-0.39, 0.29) is 0 Å². The van der Waals surface area contributed by atoms with Crippen molar-refractivity contribution in [2.24, 2.45) is 0 Å². The largest absolute Gasteiger partial charge is 0.354 e. The Labute approximate surface area is 79.6 Å². The first-order valence-electron chi connectivity index (χ1n) is 4.13. The number of rotatable bonds is 6. The van der Waals surface area contributed by atoms with Gasteiger partial charge in [0.1, 0.15) is 0 Å². The monoisotopic (exact) mass is 204 g/mol. The standard InChI is InChI=1S/C9H18OP2/c1-9(2)7-5-3-4-6-8-10-12-11/h4,6-7,12H,3,5,8,11H2,1-2H3. The Kier molecular flexibility index (Phi) is 9.62. The summed E-state index contributed by atoms with van der Waals surface area (Å²) < 4.78 is 5.15. The van der Waals surface area contributed by atoms with Gasteiger partial charge in [0.15, 0.2) is 0 Å². The molecule has 3 heteroatoms. The molecular weight excluding hydrogens is 186 g/mol. The van der Waals surface area contributed by atoms with Gasteiger partial charge in [-0.25, -0.2) is 0 Å². The van der Waals surface area contributed by atoms with E-state index in [4.69, 9.17) is 4.52 Å². The molecule has 0 aliphatic heterocycles. The average Bonchev–Trinajstić information content (AvgIpc) is 2.02. The van der Waals surface area contributed by atoms with Gasteiger partial charge in [0.2, 0.25) is 0 Å². The van der Waals surface area contributed by atoms with E-state index in [0.717, 1.165) is 19.4 Å². The third-order valence-corrected chi connectivity index (χ3v) is 2.15. The maximum atomic E-state index is 5.15. The molecule has 1 nitrogen and oxygen atoms in total. The van der Waals surface area contributed by atoms with Crippen LogP contribution in [0, 0.1) is 0 Å². The van der Waals surface area contributed by atoms with E-state index in [1.54, 1.807) is 0 Å². The molecule has 0 aromatic rings. The van der Waals surface area contributed by atoms with Crippen LogP contribution in [-0.4, -0.2) is 6.61 Å². The lowest BCUT2D eigenvalue weighted by molar-refractivity contribution is 0.423. The van der Waals surface area contributed by atoms with E-state index in [0.29, 0.717) is 8.50 Å². The molecule has 70 valence electrons. The predicted molar refractivity (Wildman–Crippen MR) is 61.8 cm³/mol. The number of hydrogen-bond donors (Lipinski definition) is 0. The Balaban J connectivity index is 3.19. The molecule has 0 aromatic carbocycles. The highest BCUT2D eigenvalue weighted by Crippen LogP contribution is 2.20. The Morgan fingerprint density at radius 1 is 1.33 bits per heavy atom. The topological polar surface area (TPSA) is 9.23 Å². The molecule has 0 rings (SSSR count). The van der Waals surface area contributed by atoms with Crippen LogP contribution in [0.2, 0.25) is 0 Å². The van der Waals surface area contributed by atoms with Gasteiger partial charge < -0.3 is 4.52 Å². The first kappa shape index (κ1) is 12.3. The Morgan fingerprint density at radius 3 is 2.67 bits per heavy atom. The molecule has 0 N–H and O–H groups in total. The van der Waals surface area contributed by atoms with Crippen molar-refractivity contribution in [3.8, 4) is 0 Å². The summed E-state index contributed by atoms with van der Waals surface area (Å²) in [6.07, 6.45) is 8.76. The van der Waals surface area contributed by atoms with Crippen molar-refractivity contribution in [2.75, 3.05) is 6.61 Å². The van der Waals surface area contributed by atoms with E-state index in [9.17, 15) is 0 Å². The highest BCUT2D eigenvalue weighted by atomic mass is 32.0. The second-order valence-electron chi connectivity index (χ2n) is 2.76. The minimum absolute atomic E-state index is 0.519. The fourth-order valence-corrected chi connectivity index (χ4v) is 1.23. The summed E-state index contributed by atoms with van der Waals surface area (Å²) in [6, 6.07) is 0. The lowest BCUT2D eigenvalue weighted by Gasteiger charge is -1.92. The second-order valence-corrected chi connectivity index (χ2v) is 3.99. The summed E-state index contributed by atoms with van der Waals surface area (Å²) in [5.74, 6) is 0. The minimum atomic E-state index is 0.519. The molecule has 0 spiro atoms. The van der Waals surface area contributed by atoms with Crippen LogP contribution in [0.15, 0.2) is 23.8 Å². The van der Waals surface area contributed by atoms with Crippen molar-refractivity contribution in [3.63, 3.8) is 0 Å². The SMILES string of the molecule is CC(C)=CCCC=CCOPP. The lowest BCUT2D eigenvalue weighted by Crippen LogP contribution is -1.75. The average molecular weight is 204 g/mol. The van der Waals surface area contributed by atoms with Crippen LogP contribution < -0.4 is 0 Å². The quantitative estimate of drug-likeness (QED) is 0.364. The zero-order valence-electron chi connectivity index (χ0n) is 7.84. The molecule has 0 saturated heterocycles. The van der Waals surface area contributed by atoms with E-state index in [2.05, 4.69) is 41.0 Å². The predicted octanol–water partition coefficient (Wildman–Crippen LogP) is 3.69. The van der Waals surface area contributed by atoms with Crippen LogP contribution in [0.3, 0.4) is 0 Å². The molecule has 0 saturated carbocycles. The normalized spacial score (nSPS) is 11.6. The fraction of sp³-hybridized carbons (Fsp3) is 0.556. The van der Waals surface area contributed by atoms with Crippen molar-refractivity contribution >= 4 is 17.4 Å². The minimum Gasteiger partial charge on any atom is -0.354 e. The molecule has 2 atom stereocenters. The lowest BCUT2D eigenvalue weighted by atomic mass is 10.2. The molecule has 0 bridgehead atoms. The molecular formula is C9H18OP2. The van der Waals surface area contributed by atoms with Crippen molar-refractivity contribution in [2.45, 2.75) is 26.7 Å². The zero-order chi connectivity index (χ0) is 9.23. The molecule has 2 unspecified atom stereocenters.